The van der Waals surface area contributed by atoms with E-state index in [0.29, 0.717) is 18.8 Å². The molecule has 0 saturated heterocycles. The van der Waals surface area contributed by atoms with Crippen LogP contribution in [0.4, 0.5) is 0 Å². The predicted molar refractivity (Wildman–Crippen MR) is 70.0 cm³/mol. The highest BCUT2D eigenvalue weighted by molar-refractivity contribution is 9.10. The van der Waals surface area contributed by atoms with Gasteiger partial charge in [-0.2, -0.15) is 5.26 Å². The van der Waals surface area contributed by atoms with Gasteiger partial charge in [0.15, 0.2) is 0 Å². The molecule has 0 radical (unpaired) electrons. The second-order valence-electron chi connectivity index (χ2n) is 3.52. The Balaban J connectivity index is 2.38. The summed E-state index contributed by atoms with van der Waals surface area (Å²) in [6, 6.07) is 9.28. The van der Waals surface area contributed by atoms with Crippen molar-refractivity contribution >= 4 is 21.9 Å². The average Bonchev–Trinajstić information content (AvgIpc) is 2.37. The minimum atomic E-state index is -0.764. The SMILES string of the molecule is CCOC(=O)C(C#N)CCOc1ccc(Br)cc1. The van der Waals surface area contributed by atoms with Crippen molar-refractivity contribution in [1.29, 1.82) is 5.26 Å². The van der Waals surface area contributed by atoms with Crippen molar-refractivity contribution in [2.45, 2.75) is 13.3 Å². The summed E-state index contributed by atoms with van der Waals surface area (Å²) < 4.78 is 11.2. The van der Waals surface area contributed by atoms with E-state index in [1.54, 1.807) is 6.92 Å². The van der Waals surface area contributed by atoms with Crippen molar-refractivity contribution in [2.24, 2.45) is 5.92 Å². The first-order valence-corrected chi connectivity index (χ1v) is 6.41. The second-order valence-corrected chi connectivity index (χ2v) is 4.44. The van der Waals surface area contributed by atoms with E-state index in [1.165, 1.54) is 0 Å². The van der Waals surface area contributed by atoms with Crippen LogP contribution in [-0.2, 0) is 9.53 Å². The Morgan fingerprint density at radius 1 is 1.44 bits per heavy atom. The zero-order valence-corrected chi connectivity index (χ0v) is 11.6. The molecule has 0 spiro atoms. The Labute approximate surface area is 115 Å². The molecule has 1 aromatic rings. The number of esters is 1. The van der Waals surface area contributed by atoms with Crippen molar-refractivity contribution in [3.63, 3.8) is 0 Å². The summed E-state index contributed by atoms with van der Waals surface area (Å²) in [5, 5.41) is 8.84. The summed E-state index contributed by atoms with van der Waals surface area (Å²) in [4.78, 5) is 11.4. The monoisotopic (exact) mass is 311 g/mol. The molecule has 0 aromatic heterocycles. The number of hydrogen-bond donors (Lipinski definition) is 0. The fourth-order valence-corrected chi connectivity index (χ4v) is 1.57. The molecule has 0 bridgehead atoms. The number of ether oxygens (including phenoxy) is 2. The molecule has 0 aliphatic heterocycles. The zero-order valence-electron chi connectivity index (χ0n) is 10.1. The molecule has 4 nitrogen and oxygen atoms in total. The molecular weight excluding hydrogens is 298 g/mol. The van der Waals surface area contributed by atoms with Gasteiger partial charge in [0.1, 0.15) is 11.7 Å². The molecule has 1 unspecified atom stereocenters. The van der Waals surface area contributed by atoms with Crippen molar-refractivity contribution in [3.05, 3.63) is 28.7 Å². The van der Waals surface area contributed by atoms with Crippen molar-refractivity contribution in [3.8, 4) is 11.8 Å². The number of rotatable bonds is 6. The molecule has 0 fully saturated rings. The van der Waals surface area contributed by atoms with Crippen molar-refractivity contribution in [1.82, 2.24) is 0 Å². The molecule has 0 heterocycles. The van der Waals surface area contributed by atoms with Crippen LogP contribution in [0.1, 0.15) is 13.3 Å². The molecule has 0 N–H and O–H groups in total. The van der Waals surface area contributed by atoms with Gasteiger partial charge in [-0.15, -0.1) is 0 Å². The van der Waals surface area contributed by atoms with E-state index in [0.717, 1.165) is 4.47 Å². The quantitative estimate of drug-likeness (QED) is 0.758. The van der Waals surface area contributed by atoms with Crippen LogP contribution in [0.25, 0.3) is 0 Å². The van der Waals surface area contributed by atoms with Gasteiger partial charge in [-0.1, -0.05) is 15.9 Å². The number of nitrogens with zero attached hydrogens (tertiary/aromatic N) is 1. The lowest BCUT2D eigenvalue weighted by Gasteiger charge is -2.09. The summed E-state index contributed by atoms with van der Waals surface area (Å²) in [5.74, 6) is -0.543. The van der Waals surface area contributed by atoms with Crippen LogP contribution in [0, 0.1) is 17.2 Å². The van der Waals surface area contributed by atoms with Gasteiger partial charge in [0, 0.05) is 10.9 Å². The van der Waals surface area contributed by atoms with Crippen LogP contribution >= 0.6 is 15.9 Å². The first-order chi connectivity index (χ1) is 8.67. The van der Waals surface area contributed by atoms with Gasteiger partial charge in [-0.05, 0) is 31.2 Å². The summed E-state index contributed by atoms with van der Waals surface area (Å²) >= 11 is 3.32. The lowest BCUT2D eigenvalue weighted by atomic mass is 10.1. The summed E-state index contributed by atoms with van der Waals surface area (Å²) in [7, 11) is 0. The third-order valence-electron chi connectivity index (χ3n) is 2.22. The molecule has 18 heavy (non-hydrogen) atoms. The Morgan fingerprint density at radius 3 is 2.67 bits per heavy atom. The Morgan fingerprint density at radius 2 is 2.11 bits per heavy atom. The highest BCUT2D eigenvalue weighted by Crippen LogP contribution is 2.16. The van der Waals surface area contributed by atoms with Crippen LogP contribution in [0.2, 0.25) is 0 Å². The Hall–Kier alpha value is -1.54. The molecule has 1 aromatic carbocycles. The van der Waals surface area contributed by atoms with Gasteiger partial charge in [-0.25, -0.2) is 0 Å². The number of benzene rings is 1. The summed E-state index contributed by atoms with van der Waals surface area (Å²) in [5.41, 5.74) is 0. The minimum absolute atomic E-state index is 0.282. The molecule has 1 atom stereocenters. The van der Waals surface area contributed by atoms with E-state index in [1.807, 2.05) is 30.3 Å². The second kappa shape index (κ2) is 7.72. The maximum absolute atomic E-state index is 11.4. The van der Waals surface area contributed by atoms with E-state index in [4.69, 9.17) is 14.7 Å². The molecule has 5 heteroatoms. The Bertz CT molecular complexity index is 425. The topological polar surface area (TPSA) is 59.3 Å². The van der Waals surface area contributed by atoms with Gasteiger partial charge in [0.25, 0.3) is 0 Å². The van der Waals surface area contributed by atoms with Gasteiger partial charge in [-0.3, -0.25) is 4.79 Å². The van der Waals surface area contributed by atoms with E-state index < -0.39 is 11.9 Å². The van der Waals surface area contributed by atoms with Crippen LogP contribution in [0.3, 0.4) is 0 Å². The van der Waals surface area contributed by atoms with Crippen molar-refractivity contribution in [2.75, 3.05) is 13.2 Å². The van der Waals surface area contributed by atoms with E-state index in [-0.39, 0.29) is 6.61 Å². The van der Waals surface area contributed by atoms with Gasteiger partial charge < -0.3 is 9.47 Å². The molecule has 1 rings (SSSR count). The first kappa shape index (κ1) is 14.5. The Kier molecular flexibility index (Phi) is 6.23. The third-order valence-corrected chi connectivity index (χ3v) is 2.74. The smallest absolute Gasteiger partial charge is 0.323 e. The van der Waals surface area contributed by atoms with Crippen molar-refractivity contribution < 1.29 is 14.3 Å². The maximum atomic E-state index is 11.4. The fraction of sp³-hybridized carbons (Fsp3) is 0.385. The standard InChI is InChI=1S/C13H14BrNO3/c1-2-17-13(16)10(9-15)7-8-18-12-5-3-11(14)4-6-12/h3-6,10H,2,7-8H2,1H3. The molecule has 0 aliphatic rings. The van der Waals surface area contributed by atoms with Gasteiger partial charge >= 0.3 is 5.97 Å². The number of nitriles is 1. The van der Waals surface area contributed by atoms with Crippen LogP contribution in [-0.4, -0.2) is 19.2 Å². The molecule has 0 amide bonds. The van der Waals surface area contributed by atoms with E-state index in [9.17, 15) is 4.79 Å². The number of hydrogen-bond acceptors (Lipinski definition) is 4. The molecule has 0 aliphatic carbocycles. The number of halogens is 1. The molecule has 96 valence electrons. The lowest BCUT2D eigenvalue weighted by molar-refractivity contribution is -0.146. The molecular formula is C13H14BrNO3. The fourth-order valence-electron chi connectivity index (χ4n) is 1.30. The highest BCUT2D eigenvalue weighted by atomic mass is 79.9. The zero-order chi connectivity index (χ0) is 13.4. The molecule has 0 saturated carbocycles. The van der Waals surface area contributed by atoms with Crippen LogP contribution in [0.15, 0.2) is 28.7 Å². The van der Waals surface area contributed by atoms with Crippen LogP contribution < -0.4 is 4.74 Å². The lowest BCUT2D eigenvalue weighted by Crippen LogP contribution is -2.18. The average molecular weight is 312 g/mol. The first-order valence-electron chi connectivity index (χ1n) is 5.62. The highest BCUT2D eigenvalue weighted by Gasteiger charge is 2.18. The maximum Gasteiger partial charge on any atom is 0.323 e. The number of carbonyl (C=O) groups is 1. The third kappa shape index (κ3) is 4.76. The van der Waals surface area contributed by atoms with Crippen LogP contribution in [0.5, 0.6) is 5.75 Å². The van der Waals surface area contributed by atoms with E-state index in [2.05, 4.69) is 15.9 Å². The van der Waals surface area contributed by atoms with Gasteiger partial charge in [0.2, 0.25) is 0 Å². The predicted octanol–water partition coefficient (Wildman–Crippen LogP) is 2.92. The summed E-state index contributed by atoms with van der Waals surface area (Å²) in [6.07, 6.45) is 0.325. The summed E-state index contributed by atoms with van der Waals surface area (Å²) in [6.45, 7) is 2.30. The normalized spacial score (nSPS) is 11.4. The minimum Gasteiger partial charge on any atom is -0.494 e. The van der Waals surface area contributed by atoms with Gasteiger partial charge in [0.05, 0.1) is 19.3 Å². The van der Waals surface area contributed by atoms with E-state index >= 15 is 0 Å². The largest absolute Gasteiger partial charge is 0.494 e. The number of carbonyl (C=O) groups excluding carboxylic acids is 1.